The number of halogens is 1. The molecule has 2 unspecified atom stereocenters. The van der Waals surface area contributed by atoms with Crippen molar-refractivity contribution in [3.8, 4) is 11.5 Å². The summed E-state index contributed by atoms with van der Waals surface area (Å²) in [6.07, 6.45) is 0. The first-order chi connectivity index (χ1) is 19.0. The summed E-state index contributed by atoms with van der Waals surface area (Å²) < 4.78 is 6.00. The van der Waals surface area contributed by atoms with Gasteiger partial charge in [-0.15, -0.1) is 22.9 Å². The summed E-state index contributed by atoms with van der Waals surface area (Å²) in [5, 5.41) is 5.44. The van der Waals surface area contributed by atoms with Crippen molar-refractivity contribution in [3.05, 3.63) is 112 Å². The molecule has 0 saturated carbocycles. The van der Waals surface area contributed by atoms with Crippen LogP contribution in [-0.2, 0) is 9.59 Å². The van der Waals surface area contributed by atoms with Crippen molar-refractivity contribution < 1.29 is 14.3 Å². The normalized spacial score (nSPS) is 15.9. The SMILES string of the molecule is Cc1cc(Oc2ccccc2)ccc1N(C(=O)CCl)C(C(=O)N1CCNC(c2ccccc2)C1)c1cccs1. The van der Waals surface area contributed by atoms with Crippen LogP contribution in [0.3, 0.4) is 0 Å². The molecule has 39 heavy (non-hydrogen) atoms. The average molecular weight is 560 g/mol. The van der Waals surface area contributed by atoms with E-state index >= 15 is 0 Å². The number of alkyl halides is 1. The van der Waals surface area contributed by atoms with Gasteiger partial charge in [-0.3, -0.25) is 14.5 Å². The maximum atomic E-state index is 14.3. The summed E-state index contributed by atoms with van der Waals surface area (Å²) in [6, 6.07) is 28.1. The van der Waals surface area contributed by atoms with E-state index in [1.807, 2.05) is 96.1 Å². The minimum atomic E-state index is -0.828. The van der Waals surface area contributed by atoms with Crippen LogP contribution >= 0.6 is 22.9 Å². The van der Waals surface area contributed by atoms with Gasteiger partial charge in [0.05, 0.1) is 0 Å². The molecule has 6 nitrogen and oxygen atoms in total. The van der Waals surface area contributed by atoms with E-state index in [9.17, 15) is 9.59 Å². The fourth-order valence-corrected chi connectivity index (χ4v) is 5.84. The van der Waals surface area contributed by atoms with Gasteiger partial charge in [-0.1, -0.05) is 54.6 Å². The number of carbonyl (C=O) groups excluding carboxylic acids is 2. The fraction of sp³-hybridized carbons (Fsp3) is 0.226. The Balaban J connectivity index is 1.48. The summed E-state index contributed by atoms with van der Waals surface area (Å²) in [5.41, 5.74) is 2.56. The molecule has 1 aromatic heterocycles. The van der Waals surface area contributed by atoms with E-state index < -0.39 is 6.04 Å². The summed E-state index contributed by atoms with van der Waals surface area (Å²) in [4.78, 5) is 31.9. The van der Waals surface area contributed by atoms with Crippen LogP contribution in [0.4, 0.5) is 5.69 Å². The highest BCUT2D eigenvalue weighted by Gasteiger charge is 2.38. The summed E-state index contributed by atoms with van der Waals surface area (Å²) in [7, 11) is 0. The Labute approximate surface area is 237 Å². The molecule has 5 rings (SSSR count). The van der Waals surface area contributed by atoms with Gasteiger partial charge >= 0.3 is 0 Å². The molecule has 1 saturated heterocycles. The Morgan fingerprint density at radius 1 is 1.03 bits per heavy atom. The second-order valence-corrected chi connectivity index (χ2v) is 10.6. The fourth-order valence-electron chi connectivity index (χ4n) is 4.91. The lowest BCUT2D eigenvalue weighted by molar-refractivity contribution is -0.135. The molecule has 200 valence electrons. The molecule has 1 aliphatic rings. The molecule has 2 amide bonds. The second kappa shape index (κ2) is 12.5. The van der Waals surface area contributed by atoms with Crippen LogP contribution in [0.1, 0.15) is 28.1 Å². The molecule has 4 aromatic rings. The second-order valence-electron chi connectivity index (χ2n) is 9.38. The smallest absolute Gasteiger partial charge is 0.251 e. The van der Waals surface area contributed by atoms with E-state index in [-0.39, 0.29) is 23.7 Å². The van der Waals surface area contributed by atoms with Crippen molar-refractivity contribution in [1.82, 2.24) is 10.2 Å². The maximum Gasteiger partial charge on any atom is 0.251 e. The highest BCUT2D eigenvalue weighted by Crippen LogP contribution is 2.36. The van der Waals surface area contributed by atoms with Gasteiger partial charge in [0.2, 0.25) is 5.91 Å². The number of hydrogen-bond acceptors (Lipinski definition) is 5. The van der Waals surface area contributed by atoms with Crippen molar-refractivity contribution in [2.45, 2.75) is 19.0 Å². The predicted molar refractivity (Wildman–Crippen MR) is 157 cm³/mol. The van der Waals surface area contributed by atoms with Crippen LogP contribution in [0.25, 0.3) is 0 Å². The maximum absolute atomic E-state index is 14.3. The Morgan fingerprint density at radius 2 is 1.77 bits per heavy atom. The lowest BCUT2D eigenvalue weighted by Crippen LogP contribution is -2.53. The number of benzene rings is 3. The number of thiophene rings is 1. The highest BCUT2D eigenvalue weighted by molar-refractivity contribution is 7.10. The molecule has 0 bridgehead atoms. The lowest BCUT2D eigenvalue weighted by atomic mass is 10.0. The number of rotatable bonds is 8. The Morgan fingerprint density at radius 3 is 2.44 bits per heavy atom. The number of aryl methyl sites for hydroxylation is 1. The van der Waals surface area contributed by atoms with Crippen LogP contribution in [0.5, 0.6) is 11.5 Å². The van der Waals surface area contributed by atoms with Gasteiger partial charge in [-0.2, -0.15) is 0 Å². The molecule has 3 aromatic carbocycles. The number of carbonyl (C=O) groups is 2. The zero-order valence-electron chi connectivity index (χ0n) is 21.6. The predicted octanol–water partition coefficient (Wildman–Crippen LogP) is 6.34. The molecule has 2 atom stereocenters. The van der Waals surface area contributed by atoms with Crippen LogP contribution < -0.4 is 15.0 Å². The number of para-hydroxylation sites is 1. The third kappa shape index (κ3) is 6.17. The number of piperazine rings is 1. The zero-order chi connectivity index (χ0) is 27.2. The number of hydrogen-bond donors (Lipinski definition) is 1. The van der Waals surface area contributed by atoms with Crippen LogP contribution in [0.2, 0.25) is 0 Å². The van der Waals surface area contributed by atoms with Crippen molar-refractivity contribution in [2.24, 2.45) is 0 Å². The van der Waals surface area contributed by atoms with E-state index in [0.29, 0.717) is 31.1 Å². The monoisotopic (exact) mass is 559 g/mol. The number of anilines is 1. The van der Waals surface area contributed by atoms with E-state index in [2.05, 4.69) is 17.4 Å². The quantitative estimate of drug-likeness (QED) is 0.256. The minimum absolute atomic E-state index is 0.0150. The van der Waals surface area contributed by atoms with Crippen molar-refractivity contribution >= 4 is 40.4 Å². The van der Waals surface area contributed by atoms with Crippen LogP contribution in [0, 0.1) is 6.92 Å². The number of nitrogens with zero attached hydrogens (tertiary/aromatic N) is 2. The van der Waals surface area contributed by atoms with Gasteiger partial charge in [0.1, 0.15) is 23.4 Å². The molecular weight excluding hydrogens is 530 g/mol. The molecule has 0 aliphatic carbocycles. The average Bonchev–Trinajstić information content (AvgIpc) is 3.51. The Hall–Kier alpha value is -3.65. The van der Waals surface area contributed by atoms with E-state index in [4.69, 9.17) is 16.3 Å². The number of nitrogens with one attached hydrogen (secondary N) is 1. The van der Waals surface area contributed by atoms with Gasteiger partial charge in [-0.05, 0) is 59.8 Å². The third-order valence-corrected chi connectivity index (χ3v) is 7.94. The molecule has 1 aliphatic heterocycles. The lowest BCUT2D eigenvalue weighted by Gasteiger charge is -2.39. The van der Waals surface area contributed by atoms with Gasteiger partial charge in [0, 0.05) is 36.2 Å². The molecule has 1 N–H and O–H groups in total. The van der Waals surface area contributed by atoms with Gasteiger partial charge in [-0.25, -0.2) is 0 Å². The first-order valence-corrected chi connectivity index (χ1v) is 14.3. The molecule has 2 heterocycles. The largest absolute Gasteiger partial charge is 0.457 e. The van der Waals surface area contributed by atoms with Crippen molar-refractivity contribution in [1.29, 1.82) is 0 Å². The van der Waals surface area contributed by atoms with E-state index in [1.54, 1.807) is 4.90 Å². The van der Waals surface area contributed by atoms with Crippen LogP contribution in [-0.4, -0.2) is 42.2 Å². The summed E-state index contributed by atoms with van der Waals surface area (Å²) >= 11 is 7.60. The van der Waals surface area contributed by atoms with Gasteiger partial charge in [0.15, 0.2) is 0 Å². The number of amides is 2. The molecule has 0 radical (unpaired) electrons. The van der Waals surface area contributed by atoms with Gasteiger partial charge < -0.3 is 15.0 Å². The topological polar surface area (TPSA) is 61.9 Å². The Bertz CT molecular complexity index is 1400. The third-order valence-electron chi connectivity index (χ3n) is 6.78. The van der Waals surface area contributed by atoms with E-state index in [0.717, 1.165) is 21.8 Å². The summed E-state index contributed by atoms with van der Waals surface area (Å²) in [5.74, 6) is 0.662. The minimum Gasteiger partial charge on any atom is -0.457 e. The molecule has 0 spiro atoms. The molecule has 1 fully saturated rings. The standard InChI is InChI=1S/C31H30ClN3O3S/c1-22-19-25(38-24-11-6-3-7-12-24)14-15-27(22)35(29(36)20-32)30(28-13-8-18-39-28)31(37)34-17-16-33-26(21-34)23-9-4-2-5-10-23/h2-15,18-19,26,30,33H,16-17,20-21H2,1H3. The van der Waals surface area contributed by atoms with E-state index in [1.165, 1.54) is 11.3 Å². The van der Waals surface area contributed by atoms with Crippen LogP contribution in [0.15, 0.2) is 96.4 Å². The van der Waals surface area contributed by atoms with Gasteiger partial charge in [0.25, 0.3) is 5.91 Å². The summed E-state index contributed by atoms with van der Waals surface area (Å²) in [6.45, 7) is 3.64. The molecular formula is C31H30ClN3O3S. The first kappa shape index (κ1) is 26.9. The Kier molecular flexibility index (Phi) is 8.61. The van der Waals surface area contributed by atoms with Crippen molar-refractivity contribution in [3.63, 3.8) is 0 Å². The highest BCUT2D eigenvalue weighted by atomic mass is 35.5. The van der Waals surface area contributed by atoms with Crippen molar-refractivity contribution in [2.75, 3.05) is 30.4 Å². The number of ether oxygens (including phenoxy) is 1. The molecule has 8 heteroatoms. The zero-order valence-corrected chi connectivity index (χ0v) is 23.2. The first-order valence-electron chi connectivity index (χ1n) is 12.9.